The van der Waals surface area contributed by atoms with Crippen molar-refractivity contribution in [3.05, 3.63) is 68.0 Å². The molecular formula is C14H14N2O3. The van der Waals surface area contributed by atoms with Crippen molar-refractivity contribution in [2.45, 2.75) is 20.4 Å². The van der Waals surface area contributed by atoms with E-state index in [1.54, 1.807) is 12.1 Å². The minimum Gasteiger partial charge on any atom is -0.293 e. The Balaban J connectivity index is 2.28. The molecule has 5 heteroatoms. The standard InChI is InChI=1S/C14H14N2O3/c1-9-3-4-11(7-10(9)2)12(17)8-16-6-5-13(18)15-14(16)19/h3-7H,8H2,1-2H3,(H,15,18,19). The fourth-order valence-corrected chi connectivity index (χ4v) is 1.73. The highest BCUT2D eigenvalue weighted by Crippen LogP contribution is 2.10. The van der Waals surface area contributed by atoms with Crippen LogP contribution < -0.4 is 11.2 Å². The molecule has 0 spiro atoms. The molecule has 0 saturated carbocycles. The topological polar surface area (TPSA) is 71.9 Å². The van der Waals surface area contributed by atoms with Gasteiger partial charge in [-0.15, -0.1) is 0 Å². The maximum absolute atomic E-state index is 12.1. The molecule has 1 heterocycles. The van der Waals surface area contributed by atoms with Gasteiger partial charge in [-0.3, -0.25) is 19.1 Å². The van der Waals surface area contributed by atoms with Crippen LogP contribution in [-0.4, -0.2) is 15.3 Å². The molecule has 0 fully saturated rings. The van der Waals surface area contributed by atoms with Gasteiger partial charge in [0.1, 0.15) is 0 Å². The number of Topliss-reactive ketones (excluding diaryl/α,β-unsaturated/α-hetero) is 1. The summed E-state index contributed by atoms with van der Waals surface area (Å²) >= 11 is 0. The van der Waals surface area contributed by atoms with Crippen LogP contribution in [0.15, 0.2) is 40.1 Å². The monoisotopic (exact) mass is 258 g/mol. The van der Waals surface area contributed by atoms with Gasteiger partial charge in [-0.05, 0) is 31.0 Å². The van der Waals surface area contributed by atoms with E-state index in [0.717, 1.165) is 11.1 Å². The minimum atomic E-state index is -0.579. The normalized spacial score (nSPS) is 10.4. The van der Waals surface area contributed by atoms with Crippen LogP contribution in [0.3, 0.4) is 0 Å². The summed E-state index contributed by atoms with van der Waals surface area (Å²) in [7, 11) is 0. The first-order valence-corrected chi connectivity index (χ1v) is 5.87. The summed E-state index contributed by atoms with van der Waals surface area (Å²) < 4.78 is 1.18. The van der Waals surface area contributed by atoms with E-state index in [-0.39, 0.29) is 12.3 Å². The number of aryl methyl sites for hydroxylation is 2. The molecule has 0 amide bonds. The van der Waals surface area contributed by atoms with E-state index in [1.807, 2.05) is 19.9 Å². The lowest BCUT2D eigenvalue weighted by Crippen LogP contribution is -2.30. The molecule has 0 radical (unpaired) electrons. The number of hydrogen-bond donors (Lipinski definition) is 1. The van der Waals surface area contributed by atoms with Gasteiger partial charge in [0.2, 0.25) is 0 Å². The highest BCUT2D eigenvalue weighted by molar-refractivity contribution is 5.96. The average molecular weight is 258 g/mol. The van der Waals surface area contributed by atoms with Crippen molar-refractivity contribution in [2.24, 2.45) is 0 Å². The van der Waals surface area contributed by atoms with Gasteiger partial charge in [0.05, 0.1) is 6.54 Å². The molecule has 1 aromatic heterocycles. The maximum atomic E-state index is 12.1. The minimum absolute atomic E-state index is 0.0852. The Morgan fingerprint density at radius 1 is 1.16 bits per heavy atom. The van der Waals surface area contributed by atoms with Crippen molar-refractivity contribution < 1.29 is 4.79 Å². The zero-order valence-electron chi connectivity index (χ0n) is 10.8. The number of rotatable bonds is 3. The molecule has 0 aliphatic rings. The molecule has 0 bridgehead atoms. The Labute approximate surface area is 109 Å². The van der Waals surface area contributed by atoms with Gasteiger partial charge in [0, 0.05) is 17.8 Å². The molecule has 5 nitrogen and oxygen atoms in total. The van der Waals surface area contributed by atoms with Gasteiger partial charge in [0.25, 0.3) is 5.56 Å². The first-order chi connectivity index (χ1) is 8.97. The molecule has 98 valence electrons. The predicted octanol–water partition coefficient (Wildman–Crippen LogP) is 1.04. The summed E-state index contributed by atoms with van der Waals surface area (Å²) in [5, 5.41) is 0. The number of benzene rings is 1. The number of hydrogen-bond acceptors (Lipinski definition) is 3. The van der Waals surface area contributed by atoms with Gasteiger partial charge in [-0.2, -0.15) is 0 Å². The van der Waals surface area contributed by atoms with Crippen molar-refractivity contribution >= 4 is 5.78 Å². The van der Waals surface area contributed by atoms with Crippen LogP contribution in [0.2, 0.25) is 0 Å². The smallest absolute Gasteiger partial charge is 0.293 e. The first kappa shape index (κ1) is 13.0. The van der Waals surface area contributed by atoms with E-state index in [0.29, 0.717) is 5.56 Å². The third kappa shape index (κ3) is 2.88. The molecule has 2 rings (SSSR count). The summed E-state index contributed by atoms with van der Waals surface area (Å²) in [4.78, 5) is 36.6. The summed E-state index contributed by atoms with van der Waals surface area (Å²) in [5.74, 6) is -0.169. The lowest BCUT2D eigenvalue weighted by molar-refractivity contribution is 0.0970. The number of ketones is 1. The van der Waals surface area contributed by atoms with Crippen LogP contribution in [0.4, 0.5) is 0 Å². The van der Waals surface area contributed by atoms with E-state index in [9.17, 15) is 14.4 Å². The van der Waals surface area contributed by atoms with E-state index in [4.69, 9.17) is 0 Å². The second kappa shape index (κ2) is 5.06. The molecule has 0 atom stereocenters. The predicted molar refractivity (Wildman–Crippen MR) is 71.6 cm³/mol. The number of carbonyl (C=O) groups excluding carboxylic acids is 1. The molecule has 2 aromatic rings. The highest BCUT2D eigenvalue weighted by Gasteiger charge is 2.08. The number of nitrogens with one attached hydrogen (secondary N) is 1. The van der Waals surface area contributed by atoms with Gasteiger partial charge < -0.3 is 0 Å². The molecule has 19 heavy (non-hydrogen) atoms. The van der Waals surface area contributed by atoms with Crippen molar-refractivity contribution in [1.29, 1.82) is 0 Å². The summed E-state index contributed by atoms with van der Waals surface area (Å²) in [6.45, 7) is 3.81. The maximum Gasteiger partial charge on any atom is 0.328 e. The van der Waals surface area contributed by atoms with Crippen LogP contribution in [0.25, 0.3) is 0 Å². The number of carbonyl (C=O) groups is 1. The Morgan fingerprint density at radius 2 is 1.89 bits per heavy atom. The molecule has 1 N–H and O–H groups in total. The van der Waals surface area contributed by atoms with Crippen molar-refractivity contribution in [2.75, 3.05) is 0 Å². The van der Waals surface area contributed by atoms with Crippen LogP contribution in [-0.2, 0) is 6.54 Å². The quantitative estimate of drug-likeness (QED) is 0.836. The largest absolute Gasteiger partial charge is 0.328 e. The fraction of sp³-hybridized carbons (Fsp3) is 0.214. The molecule has 0 aliphatic heterocycles. The van der Waals surface area contributed by atoms with Crippen molar-refractivity contribution in [3.63, 3.8) is 0 Å². The second-order valence-corrected chi connectivity index (χ2v) is 4.46. The van der Waals surface area contributed by atoms with E-state index >= 15 is 0 Å². The number of H-pyrrole nitrogens is 1. The zero-order valence-corrected chi connectivity index (χ0v) is 10.8. The van der Waals surface area contributed by atoms with Crippen molar-refractivity contribution in [1.82, 2.24) is 9.55 Å². The third-order valence-electron chi connectivity index (χ3n) is 3.04. The SMILES string of the molecule is Cc1ccc(C(=O)Cn2ccc(=O)[nH]c2=O)cc1C. The van der Waals surface area contributed by atoms with Crippen LogP contribution >= 0.6 is 0 Å². The average Bonchev–Trinajstić information content (AvgIpc) is 2.36. The van der Waals surface area contributed by atoms with Gasteiger partial charge >= 0.3 is 5.69 Å². The second-order valence-electron chi connectivity index (χ2n) is 4.46. The summed E-state index contributed by atoms with van der Waals surface area (Å²) in [5.41, 5.74) is 1.64. The van der Waals surface area contributed by atoms with Gasteiger partial charge in [0.15, 0.2) is 5.78 Å². The third-order valence-corrected chi connectivity index (χ3v) is 3.04. The zero-order chi connectivity index (χ0) is 14.0. The fourth-order valence-electron chi connectivity index (χ4n) is 1.73. The summed E-state index contributed by atoms with van der Waals surface area (Å²) in [6.07, 6.45) is 1.32. The van der Waals surface area contributed by atoms with E-state index < -0.39 is 11.2 Å². The Kier molecular flexibility index (Phi) is 3.46. The Morgan fingerprint density at radius 3 is 2.53 bits per heavy atom. The highest BCUT2D eigenvalue weighted by atomic mass is 16.2. The Bertz CT molecular complexity index is 741. The van der Waals surface area contributed by atoms with Crippen LogP contribution in [0.5, 0.6) is 0 Å². The summed E-state index contributed by atoms with van der Waals surface area (Å²) in [6, 6.07) is 6.63. The van der Waals surface area contributed by atoms with E-state index in [2.05, 4.69) is 4.98 Å². The Hall–Kier alpha value is -2.43. The van der Waals surface area contributed by atoms with Gasteiger partial charge in [-0.25, -0.2) is 4.79 Å². The molecular weight excluding hydrogens is 244 g/mol. The van der Waals surface area contributed by atoms with E-state index in [1.165, 1.54) is 16.8 Å². The first-order valence-electron chi connectivity index (χ1n) is 5.87. The van der Waals surface area contributed by atoms with Crippen molar-refractivity contribution in [3.8, 4) is 0 Å². The number of aromatic amines is 1. The number of aromatic nitrogens is 2. The molecule has 1 aromatic carbocycles. The molecule has 0 aliphatic carbocycles. The van der Waals surface area contributed by atoms with Gasteiger partial charge in [-0.1, -0.05) is 12.1 Å². The molecule has 0 unspecified atom stereocenters. The van der Waals surface area contributed by atoms with Crippen LogP contribution in [0, 0.1) is 13.8 Å². The molecule has 0 saturated heterocycles. The number of nitrogens with zero attached hydrogens (tertiary/aromatic N) is 1. The lowest BCUT2D eigenvalue weighted by Gasteiger charge is -2.06. The van der Waals surface area contributed by atoms with Crippen LogP contribution in [0.1, 0.15) is 21.5 Å². The lowest BCUT2D eigenvalue weighted by atomic mass is 10.0.